The predicted molar refractivity (Wildman–Crippen MR) is 61.5 cm³/mol. The van der Waals surface area contributed by atoms with Gasteiger partial charge in [0, 0.05) is 32.7 Å². The first-order valence-electron chi connectivity index (χ1n) is 5.76. The van der Waals surface area contributed by atoms with Crippen LogP contribution in [0, 0.1) is 0 Å². The predicted octanol–water partition coefficient (Wildman–Crippen LogP) is 0.330. The molecule has 1 rings (SSSR count). The van der Waals surface area contributed by atoms with E-state index < -0.39 is 0 Å². The van der Waals surface area contributed by atoms with Crippen LogP contribution in [0.25, 0.3) is 0 Å². The number of nitrogens with zero attached hydrogens (tertiary/aromatic N) is 3. The first-order chi connectivity index (χ1) is 6.51. The number of hydrogen-bond acceptors (Lipinski definition) is 2. The number of hydrogen-bond donors (Lipinski definition) is 0. The van der Waals surface area contributed by atoms with E-state index in [2.05, 4.69) is 37.9 Å². The van der Waals surface area contributed by atoms with Crippen molar-refractivity contribution in [2.75, 3.05) is 67.0 Å². The lowest BCUT2D eigenvalue weighted by molar-refractivity contribution is -0.869. The Morgan fingerprint density at radius 2 is 1.43 bits per heavy atom. The van der Waals surface area contributed by atoms with Crippen LogP contribution >= 0.6 is 0 Å². The first-order valence-corrected chi connectivity index (χ1v) is 5.76. The summed E-state index contributed by atoms with van der Waals surface area (Å²) in [4.78, 5) is 5.12. The minimum Gasteiger partial charge on any atom is -0.330 e. The number of piperazine rings is 1. The third-order valence-electron chi connectivity index (χ3n) is 3.00. The normalized spacial score (nSPS) is 21.4. The van der Waals surface area contributed by atoms with Crippen molar-refractivity contribution in [3.8, 4) is 0 Å². The molecule has 3 heteroatoms. The maximum atomic E-state index is 2.59. The van der Waals surface area contributed by atoms with Crippen LogP contribution in [-0.2, 0) is 0 Å². The summed E-state index contributed by atoms with van der Waals surface area (Å²) in [6, 6.07) is 0. The van der Waals surface area contributed by atoms with E-state index >= 15 is 0 Å². The SMILES string of the molecule is CCN1CCN(CC[N+](C)(C)C)CC1. The highest BCUT2D eigenvalue weighted by molar-refractivity contribution is 4.70. The van der Waals surface area contributed by atoms with Crippen molar-refractivity contribution >= 4 is 0 Å². The molecule has 1 aliphatic rings. The van der Waals surface area contributed by atoms with E-state index in [0.29, 0.717) is 0 Å². The highest BCUT2D eigenvalue weighted by Crippen LogP contribution is 2.01. The largest absolute Gasteiger partial charge is 0.330 e. The van der Waals surface area contributed by atoms with Crippen LogP contribution in [0.5, 0.6) is 0 Å². The Morgan fingerprint density at radius 3 is 1.86 bits per heavy atom. The Labute approximate surface area is 88.9 Å². The zero-order valence-corrected chi connectivity index (χ0v) is 10.3. The van der Waals surface area contributed by atoms with Crippen molar-refractivity contribution in [3.05, 3.63) is 0 Å². The van der Waals surface area contributed by atoms with Crippen molar-refractivity contribution in [2.24, 2.45) is 0 Å². The van der Waals surface area contributed by atoms with Gasteiger partial charge in [0.05, 0.1) is 27.7 Å². The average Bonchev–Trinajstić information content (AvgIpc) is 2.14. The van der Waals surface area contributed by atoms with Gasteiger partial charge in [-0.3, -0.25) is 4.90 Å². The van der Waals surface area contributed by atoms with Crippen molar-refractivity contribution in [1.82, 2.24) is 9.80 Å². The Morgan fingerprint density at radius 1 is 0.929 bits per heavy atom. The maximum Gasteiger partial charge on any atom is 0.0909 e. The van der Waals surface area contributed by atoms with E-state index in [-0.39, 0.29) is 0 Å². The van der Waals surface area contributed by atoms with Gasteiger partial charge >= 0.3 is 0 Å². The van der Waals surface area contributed by atoms with Gasteiger partial charge in [-0.1, -0.05) is 6.92 Å². The van der Waals surface area contributed by atoms with Gasteiger partial charge in [-0.05, 0) is 6.54 Å². The van der Waals surface area contributed by atoms with Crippen LogP contribution < -0.4 is 0 Å². The molecule has 0 aromatic rings. The smallest absolute Gasteiger partial charge is 0.0909 e. The van der Waals surface area contributed by atoms with Crippen LogP contribution in [0.2, 0.25) is 0 Å². The van der Waals surface area contributed by atoms with Crippen molar-refractivity contribution < 1.29 is 4.48 Å². The summed E-state index contributed by atoms with van der Waals surface area (Å²) in [6.45, 7) is 11.0. The Balaban J connectivity index is 2.16. The molecule has 0 amide bonds. The molecule has 0 aromatic carbocycles. The summed E-state index contributed by atoms with van der Waals surface area (Å²) in [5, 5.41) is 0. The van der Waals surface area contributed by atoms with E-state index in [0.717, 1.165) is 4.48 Å². The van der Waals surface area contributed by atoms with Gasteiger partial charge in [0.25, 0.3) is 0 Å². The molecule has 0 atom stereocenters. The Hall–Kier alpha value is -0.120. The maximum absolute atomic E-state index is 2.59. The van der Waals surface area contributed by atoms with Crippen molar-refractivity contribution in [2.45, 2.75) is 6.92 Å². The second-order valence-corrected chi connectivity index (χ2v) is 5.29. The summed E-state index contributed by atoms with van der Waals surface area (Å²) in [5.41, 5.74) is 0. The lowest BCUT2D eigenvalue weighted by Crippen LogP contribution is -2.49. The van der Waals surface area contributed by atoms with Gasteiger partial charge in [-0.15, -0.1) is 0 Å². The van der Waals surface area contributed by atoms with E-state index in [9.17, 15) is 0 Å². The molecule has 1 aliphatic heterocycles. The van der Waals surface area contributed by atoms with Gasteiger partial charge in [0.15, 0.2) is 0 Å². The second kappa shape index (κ2) is 5.10. The molecule has 1 heterocycles. The quantitative estimate of drug-likeness (QED) is 0.604. The van der Waals surface area contributed by atoms with Crippen molar-refractivity contribution in [3.63, 3.8) is 0 Å². The van der Waals surface area contributed by atoms with Crippen molar-refractivity contribution in [1.29, 1.82) is 0 Å². The molecule has 0 N–H and O–H groups in total. The lowest BCUT2D eigenvalue weighted by atomic mass is 10.3. The molecule has 14 heavy (non-hydrogen) atoms. The molecular weight excluding hydrogens is 174 g/mol. The Bertz CT molecular complexity index is 154. The standard InChI is InChI=1S/C11H26N3/c1-5-12-6-8-13(9-7-12)10-11-14(2,3)4/h5-11H2,1-4H3/q+1. The summed E-state index contributed by atoms with van der Waals surface area (Å²) >= 11 is 0. The van der Waals surface area contributed by atoms with E-state index in [4.69, 9.17) is 0 Å². The van der Waals surface area contributed by atoms with Gasteiger partial charge < -0.3 is 9.38 Å². The molecule has 0 spiro atoms. The molecule has 0 bridgehead atoms. The minimum absolute atomic E-state index is 1.08. The monoisotopic (exact) mass is 200 g/mol. The van der Waals surface area contributed by atoms with Crippen LogP contribution in [0.15, 0.2) is 0 Å². The fraction of sp³-hybridized carbons (Fsp3) is 1.00. The second-order valence-electron chi connectivity index (χ2n) is 5.29. The third kappa shape index (κ3) is 4.40. The first kappa shape index (κ1) is 12.0. The molecule has 0 aromatic heterocycles. The fourth-order valence-electron chi connectivity index (χ4n) is 1.77. The molecule has 3 nitrogen and oxygen atoms in total. The summed E-state index contributed by atoms with van der Waals surface area (Å²) in [6.07, 6.45) is 0. The molecule has 0 saturated carbocycles. The van der Waals surface area contributed by atoms with Crippen LogP contribution in [-0.4, -0.2) is 81.2 Å². The van der Waals surface area contributed by atoms with E-state index in [1.807, 2.05) is 0 Å². The minimum atomic E-state index is 1.08. The average molecular weight is 200 g/mol. The Kier molecular flexibility index (Phi) is 4.35. The molecule has 0 radical (unpaired) electrons. The molecule has 1 saturated heterocycles. The van der Waals surface area contributed by atoms with E-state index in [1.54, 1.807) is 0 Å². The lowest BCUT2D eigenvalue weighted by Gasteiger charge is -2.35. The number of likely N-dealkylation sites (N-methyl/N-ethyl adjacent to an activating group) is 2. The highest BCUT2D eigenvalue weighted by Gasteiger charge is 2.17. The van der Waals surface area contributed by atoms with Gasteiger partial charge in [-0.2, -0.15) is 0 Å². The molecule has 1 fully saturated rings. The highest BCUT2D eigenvalue weighted by atomic mass is 15.3. The summed E-state index contributed by atoms with van der Waals surface area (Å²) < 4.78 is 1.08. The topological polar surface area (TPSA) is 6.48 Å². The number of quaternary nitrogens is 1. The van der Waals surface area contributed by atoms with Crippen LogP contribution in [0.4, 0.5) is 0 Å². The third-order valence-corrected chi connectivity index (χ3v) is 3.00. The van der Waals surface area contributed by atoms with E-state index in [1.165, 1.54) is 45.8 Å². The molecule has 0 unspecified atom stereocenters. The zero-order chi connectivity index (χ0) is 10.6. The zero-order valence-electron chi connectivity index (χ0n) is 10.3. The molecular formula is C11H26N3+. The van der Waals surface area contributed by atoms with Gasteiger partial charge in [0.2, 0.25) is 0 Å². The van der Waals surface area contributed by atoms with Gasteiger partial charge in [-0.25, -0.2) is 0 Å². The van der Waals surface area contributed by atoms with Crippen LogP contribution in [0.3, 0.4) is 0 Å². The van der Waals surface area contributed by atoms with Crippen LogP contribution in [0.1, 0.15) is 6.92 Å². The fourth-order valence-corrected chi connectivity index (χ4v) is 1.77. The van der Waals surface area contributed by atoms with Gasteiger partial charge in [0.1, 0.15) is 0 Å². The molecule has 84 valence electrons. The summed E-state index contributed by atoms with van der Waals surface area (Å²) in [7, 11) is 6.80. The number of rotatable bonds is 4. The summed E-state index contributed by atoms with van der Waals surface area (Å²) in [5.74, 6) is 0. The molecule has 0 aliphatic carbocycles.